The van der Waals surface area contributed by atoms with Crippen LogP contribution in [-0.2, 0) is 22.5 Å². The summed E-state index contributed by atoms with van der Waals surface area (Å²) in [5.74, 6) is 0.0315. The Morgan fingerprint density at radius 3 is 2.11 bits per heavy atom. The SMILES string of the molecule is CC(C)(C)OC(=O)NNC[C@H](O)[C@@](Cc1ccccc1)(NC(=O)OCc1ccccc1)C1CCCCC1. The van der Waals surface area contributed by atoms with E-state index in [-0.39, 0.29) is 19.1 Å². The fourth-order valence-corrected chi connectivity index (χ4v) is 4.97. The van der Waals surface area contributed by atoms with Crippen molar-refractivity contribution in [2.45, 2.75) is 83.1 Å². The van der Waals surface area contributed by atoms with Gasteiger partial charge in [0, 0.05) is 6.54 Å². The highest BCUT2D eigenvalue weighted by molar-refractivity contribution is 5.69. The minimum Gasteiger partial charge on any atom is -0.445 e. The molecule has 0 aliphatic heterocycles. The number of hydrogen-bond donors (Lipinski definition) is 4. The molecule has 2 amide bonds. The van der Waals surface area contributed by atoms with Crippen molar-refractivity contribution in [3.05, 3.63) is 71.8 Å². The van der Waals surface area contributed by atoms with Crippen molar-refractivity contribution in [2.75, 3.05) is 6.54 Å². The summed E-state index contributed by atoms with van der Waals surface area (Å²) < 4.78 is 10.9. The minimum absolute atomic E-state index is 0.0154. The molecule has 1 aliphatic rings. The highest BCUT2D eigenvalue weighted by Crippen LogP contribution is 2.37. The van der Waals surface area contributed by atoms with Gasteiger partial charge in [-0.25, -0.2) is 15.0 Å². The fraction of sp³-hybridized carbons (Fsp3) is 0.517. The molecule has 1 fully saturated rings. The fourth-order valence-electron chi connectivity index (χ4n) is 4.97. The monoisotopic (exact) mass is 511 g/mol. The van der Waals surface area contributed by atoms with Crippen LogP contribution in [0.15, 0.2) is 60.7 Å². The molecule has 2 aromatic rings. The Balaban J connectivity index is 1.80. The van der Waals surface area contributed by atoms with Gasteiger partial charge in [0.1, 0.15) is 12.2 Å². The van der Waals surface area contributed by atoms with Crippen LogP contribution in [0, 0.1) is 5.92 Å². The van der Waals surface area contributed by atoms with Crippen molar-refractivity contribution in [2.24, 2.45) is 5.92 Å². The van der Waals surface area contributed by atoms with E-state index >= 15 is 0 Å². The molecule has 0 saturated heterocycles. The zero-order valence-corrected chi connectivity index (χ0v) is 22.2. The van der Waals surface area contributed by atoms with Gasteiger partial charge in [0.05, 0.1) is 11.6 Å². The predicted molar refractivity (Wildman–Crippen MR) is 143 cm³/mol. The lowest BCUT2D eigenvalue weighted by Gasteiger charge is -2.46. The maximum Gasteiger partial charge on any atom is 0.422 e. The van der Waals surface area contributed by atoms with Crippen molar-refractivity contribution in [3.63, 3.8) is 0 Å². The number of aliphatic hydroxyl groups is 1. The molecule has 2 aromatic carbocycles. The molecule has 0 spiro atoms. The first-order valence-electron chi connectivity index (χ1n) is 13.1. The first kappa shape index (κ1) is 28.5. The van der Waals surface area contributed by atoms with E-state index < -0.39 is 29.4 Å². The van der Waals surface area contributed by atoms with Gasteiger partial charge in [-0.05, 0) is 57.1 Å². The van der Waals surface area contributed by atoms with E-state index in [0.29, 0.717) is 6.42 Å². The summed E-state index contributed by atoms with van der Waals surface area (Å²) in [6.45, 7) is 5.48. The normalized spacial score (nSPS) is 16.8. The summed E-state index contributed by atoms with van der Waals surface area (Å²) in [7, 11) is 0. The number of aliphatic hydroxyl groups excluding tert-OH is 1. The zero-order valence-electron chi connectivity index (χ0n) is 22.2. The minimum atomic E-state index is -1.02. The van der Waals surface area contributed by atoms with E-state index in [1.165, 1.54) is 0 Å². The number of hydrazine groups is 1. The number of carbonyl (C=O) groups excluding carboxylic acids is 2. The average molecular weight is 512 g/mol. The number of hydrogen-bond acceptors (Lipinski definition) is 6. The molecule has 8 heteroatoms. The molecule has 0 unspecified atom stereocenters. The summed E-state index contributed by atoms with van der Waals surface area (Å²) >= 11 is 0. The van der Waals surface area contributed by atoms with E-state index in [0.717, 1.165) is 43.2 Å². The first-order valence-corrected chi connectivity index (χ1v) is 13.1. The number of rotatable bonds is 10. The van der Waals surface area contributed by atoms with Crippen molar-refractivity contribution in [1.29, 1.82) is 0 Å². The van der Waals surface area contributed by atoms with Gasteiger partial charge in [-0.2, -0.15) is 0 Å². The standard InChI is InChI=1S/C29H41N3O5/c1-28(2,3)37-27(35)32-30-20-25(33)29(24-17-11-6-12-18-24,19-22-13-7-4-8-14-22)31-26(34)36-21-23-15-9-5-10-16-23/h4-5,7-10,13-16,24-25,30,33H,6,11-12,17-21H2,1-3H3,(H,31,34)(H,32,35)/t25-,29-/m0/s1. The lowest BCUT2D eigenvalue weighted by Crippen LogP contribution is -2.66. The summed E-state index contributed by atoms with van der Waals surface area (Å²) in [6.07, 6.45) is 3.13. The number of nitrogens with one attached hydrogen (secondary N) is 3. The van der Waals surface area contributed by atoms with Gasteiger partial charge >= 0.3 is 12.2 Å². The van der Waals surface area contributed by atoms with Crippen molar-refractivity contribution < 1.29 is 24.2 Å². The Hall–Kier alpha value is -3.10. The Morgan fingerprint density at radius 2 is 1.51 bits per heavy atom. The molecule has 3 rings (SSSR count). The molecule has 8 nitrogen and oxygen atoms in total. The van der Waals surface area contributed by atoms with E-state index in [1.54, 1.807) is 20.8 Å². The maximum absolute atomic E-state index is 13.2. The maximum atomic E-state index is 13.2. The lowest BCUT2D eigenvalue weighted by atomic mass is 9.68. The molecule has 37 heavy (non-hydrogen) atoms. The van der Waals surface area contributed by atoms with E-state index in [1.807, 2.05) is 60.7 Å². The van der Waals surface area contributed by atoms with Crippen molar-refractivity contribution >= 4 is 12.2 Å². The predicted octanol–water partition coefficient (Wildman–Crippen LogP) is 4.86. The van der Waals surface area contributed by atoms with E-state index in [4.69, 9.17) is 9.47 Å². The van der Waals surface area contributed by atoms with Crippen LogP contribution >= 0.6 is 0 Å². The number of benzene rings is 2. The average Bonchev–Trinajstić information content (AvgIpc) is 2.87. The van der Waals surface area contributed by atoms with Crippen LogP contribution in [0.3, 0.4) is 0 Å². The molecular formula is C29H41N3O5. The second kappa shape index (κ2) is 13.4. The molecule has 0 radical (unpaired) electrons. The number of alkyl carbamates (subject to hydrolysis) is 1. The van der Waals surface area contributed by atoms with Gasteiger partial charge in [-0.1, -0.05) is 79.9 Å². The molecule has 2 atom stereocenters. The third-order valence-corrected chi connectivity index (χ3v) is 6.70. The van der Waals surface area contributed by atoms with Crippen molar-refractivity contribution in [1.82, 2.24) is 16.2 Å². The zero-order chi connectivity index (χ0) is 26.7. The van der Waals surface area contributed by atoms with Gasteiger partial charge in [0.15, 0.2) is 0 Å². The van der Waals surface area contributed by atoms with E-state index in [2.05, 4.69) is 16.2 Å². The molecule has 1 saturated carbocycles. The second-order valence-corrected chi connectivity index (χ2v) is 10.7. The molecule has 1 aliphatic carbocycles. The van der Waals surface area contributed by atoms with Crippen LogP contribution in [0.1, 0.15) is 64.0 Å². The molecule has 0 bridgehead atoms. The summed E-state index contributed by atoms with van der Waals surface area (Å²) in [5, 5.41) is 14.7. The van der Waals surface area contributed by atoms with Crippen LogP contribution in [0.4, 0.5) is 9.59 Å². The third-order valence-electron chi connectivity index (χ3n) is 6.70. The Bertz CT molecular complexity index is 974. The highest BCUT2D eigenvalue weighted by Gasteiger charge is 2.46. The van der Waals surface area contributed by atoms with Gasteiger partial charge in [-0.15, -0.1) is 0 Å². The topological polar surface area (TPSA) is 109 Å². The number of amides is 2. The molecule has 202 valence electrons. The van der Waals surface area contributed by atoms with Gasteiger partial charge in [-0.3, -0.25) is 5.43 Å². The largest absolute Gasteiger partial charge is 0.445 e. The second-order valence-electron chi connectivity index (χ2n) is 10.7. The van der Waals surface area contributed by atoms with Gasteiger partial charge in [0.25, 0.3) is 0 Å². The van der Waals surface area contributed by atoms with E-state index in [9.17, 15) is 14.7 Å². The van der Waals surface area contributed by atoms with Crippen LogP contribution in [0.5, 0.6) is 0 Å². The van der Waals surface area contributed by atoms with Crippen molar-refractivity contribution in [3.8, 4) is 0 Å². The smallest absolute Gasteiger partial charge is 0.422 e. The summed E-state index contributed by atoms with van der Waals surface area (Å²) in [6, 6.07) is 19.3. The van der Waals surface area contributed by atoms with Crippen LogP contribution in [0.25, 0.3) is 0 Å². The van der Waals surface area contributed by atoms with Gasteiger partial charge in [0.2, 0.25) is 0 Å². The Morgan fingerprint density at radius 1 is 0.919 bits per heavy atom. The summed E-state index contributed by atoms with van der Waals surface area (Å²) in [4.78, 5) is 25.3. The number of ether oxygens (including phenoxy) is 2. The molecule has 0 heterocycles. The molecule has 0 aromatic heterocycles. The Kier molecular flexibility index (Phi) is 10.3. The Labute approximate surface area is 220 Å². The number of carbonyl (C=O) groups is 2. The van der Waals surface area contributed by atoms with Gasteiger partial charge < -0.3 is 19.9 Å². The molecule has 4 N–H and O–H groups in total. The first-order chi connectivity index (χ1) is 17.7. The highest BCUT2D eigenvalue weighted by atomic mass is 16.6. The third kappa shape index (κ3) is 9.05. The van der Waals surface area contributed by atoms with Crippen LogP contribution < -0.4 is 16.2 Å². The van der Waals surface area contributed by atoms with Crippen LogP contribution in [-0.4, -0.2) is 41.1 Å². The molecular weight excluding hydrogens is 470 g/mol. The summed E-state index contributed by atoms with van der Waals surface area (Å²) in [5.41, 5.74) is 5.53. The quantitative estimate of drug-likeness (QED) is 0.339. The van der Waals surface area contributed by atoms with Crippen LogP contribution in [0.2, 0.25) is 0 Å². The lowest BCUT2D eigenvalue weighted by molar-refractivity contribution is 0.000461.